The Hall–Kier alpha value is -1.14. The molecular formula is C15H24N4OS. The van der Waals surface area contributed by atoms with E-state index >= 15 is 0 Å². The van der Waals surface area contributed by atoms with Gasteiger partial charge in [0.25, 0.3) is 0 Å². The minimum atomic E-state index is 0.0262. The predicted molar refractivity (Wildman–Crippen MR) is 84.3 cm³/mol. The fourth-order valence-electron chi connectivity index (χ4n) is 3.38. The molecule has 0 radical (unpaired) electrons. The Bertz CT molecular complexity index is 480. The highest BCUT2D eigenvalue weighted by molar-refractivity contribution is 7.09. The van der Waals surface area contributed by atoms with Gasteiger partial charge in [-0.1, -0.05) is 0 Å². The number of rotatable bonds is 4. The predicted octanol–water partition coefficient (Wildman–Crippen LogP) is 2.02. The Labute approximate surface area is 130 Å². The van der Waals surface area contributed by atoms with E-state index in [9.17, 15) is 4.79 Å². The molecule has 0 bridgehead atoms. The van der Waals surface area contributed by atoms with E-state index in [0.29, 0.717) is 11.3 Å². The van der Waals surface area contributed by atoms with E-state index in [1.165, 1.54) is 24.3 Å². The van der Waals surface area contributed by atoms with Crippen molar-refractivity contribution in [1.29, 1.82) is 0 Å². The van der Waals surface area contributed by atoms with Gasteiger partial charge < -0.3 is 10.2 Å². The Balaban J connectivity index is 1.41. The van der Waals surface area contributed by atoms with Crippen LogP contribution in [0.15, 0.2) is 11.6 Å². The minimum absolute atomic E-state index is 0.0262. The van der Waals surface area contributed by atoms with Crippen molar-refractivity contribution in [3.63, 3.8) is 0 Å². The lowest BCUT2D eigenvalue weighted by Crippen LogP contribution is -2.38. The molecule has 2 heterocycles. The molecule has 1 aliphatic carbocycles. The lowest BCUT2D eigenvalue weighted by Gasteiger charge is -2.32. The molecule has 1 aromatic rings. The molecule has 21 heavy (non-hydrogen) atoms. The summed E-state index contributed by atoms with van der Waals surface area (Å²) < 4.78 is 0. The molecule has 2 fully saturated rings. The van der Waals surface area contributed by atoms with Gasteiger partial charge in [0.15, 0.2) is 0 Å². The molecule has 6 heteroatoms. The van der Waals surface area contributed by atoms with Crippen LogP contribution in [0.25, 0.3) is 0 Å². The molecule has 1 aromatic heterocycles. The third-order valence-electron chi connectivity index (χ3n) is 4.96. The lowest BCUT2D eigenvalue weighted by atomic mass is 9.91. The smallest absolute Gasteiger partial charge is 0.316 e. The van der Waals surface area contributed by atoms with Gasteiger partial charge in [-0.3, -0.25) is 4.90 Å². The van der Waals surface area contributed by atoms with Gasteiger partial charge in [0, 0.05) is 32.2 Å². The summed E-state index contributed by atoms with van der Waals surface area (Å²) in [6, 6.07) is 0.0262. The number of carbonyl (C=O) groups excluding carboxylic acids is 1. The van der Waals surface area contributed by atoms with Gasteiger partial charge in [-0.05, 0) is 43.7 Å². The van der Waals surface area contributed by atoms with Crippen molar-refractivity contribution in [3.05, 3.63) is 16.6 Å². The van der Waals surface area contributed by atoms with Crippen molar-refractivity contribution in [1.82, 2.24) is 20.1 Å². The summed E-state index contributed by atoms with van der Waals surface area (Å²) in [6.07, 6.45) is 5.70. The number of carbonyl (C=O) groups is 1. The quantitative estimate of drug-likeness (QED) is 0.926. The van der Waals surface area contributed by atoms with E-state index in [-0.39, 0.29) is 6.03 Å². The Morgan fingerprint density at radius 3 is 2.90 bits per heavy atom. The Kier molecular flexibility index (Phi) is 4.17. The van der Waals surface area contributed by atoms with E-state index in [2.05, 4.69) is 15.2 Å². The van der Waals surface area contributed by atoms with E-state index in [0.717, 1.165) is 26.2 Å². The molecule has 116 valence electrons. The first-order valence-corrected chi connectivity index (χ1v) is 8.53. The van der Waals surface area contributed by atoms with E-state index in [1.54, 1.807) is 30.3 Å². The number of likely N-dealkylation sites (tertiary alicyclic amines) is 1. The molecule has 2 aliphatic rings. The van der Waals surface area contributed by atoms with Crippen molar-refractivity contribution >= 4 is 17.4 Å². The highest BCUT2D eigenvalue weighted by Crippen LogP contribution is 2.59. The van der Waals surface area contributed by atoms with Crippen molar-refractivity contribution < 1.29 is 4.79 Å². The van der Waals surface area contributed by atoms with Gasteiger partial charge in [0.05, 0.1) is 6.54 Å². The number of nitrogens with one attached hydrogen (secondary N) is 1. The average molecular weight is 308 g/mol. The molecule has 1 saturated heterocycles. The van der Waals surface area contributed by atoms with Gasteiger partial charge in [-0.2, -0.15) is 0 Å². The third-order valence-corrected chi connectivity index (χ3v) is 5.72. The molecule has 1 aliphatic heterocycles. The van der Waals surface area contributed by atoms with Gasteiger partial charge in [-0.15, -0.1) is 11.3 Å². The second kappa shape index (κ2) is 5.93. The summed E-state index contributed by atoms with van der Waals surface area (Å²) in [4.78, 5) is 20.1. The number of thiazole rings is 1. The summed E-state index contributed by atoms with van der Waals surface area (Å²) in [7, 11) is 3.57. The van der Waals surface area contributed by atoms with Crippen LogP contribution in [0.2, 0.25) is 0 Å². The zero-order valence-electron chi connectivity index (χ0n) is 12.8. The maximum atomic E-state index is 11.6. The van der Waals surface area contributed by atoms with Gasteiger partial charge in [-0.25, -0.2) is 9.78 Å². The van der Waals surface area contributed by atoms with Crippen molar-refractivity contribution in [2.45, 2.75) is 25.8 Å². The van der Waals surface area contributed by atoms with Crippen molar-refractivity contribution in [3.8, 4) is 0 Å². The molecule has 3 rings (SSSR count). The van der Waals surface area contributed by atoms with Crippen LogP contribution in [0.4, 0.5) is 4.79 Å². The highest BCUT2D eigenvalue weighted by atomic mass is 32.1. The van der Waals surface area contributed by atoms with Gasteiger partial charge in [0.2, 0.25) is 0 Å². The molecule has 0 aromatic carbocycles. The first-order chi connectivity index (χ1) is 10.1. The summed E-state index contributed by atoms with van der Waals surface area (Å²) in [5, 5.41) is 6.29. The van der Waals surface area contributed by atoms with E-state index in [4.69, 9.17) is 0 Å². The Morgan fingerprint density at radius 2 is 2.29 bits per heavy atom. The number of urea groups is 1. The third kappa shape index (κ3) is 3.37. The normalized spacial score (nSPS) is 24.0. The second-order valence-corrected chi connectivity index (χ2v) is 7.53. The standard InChI is InChI=1S/C15H24N4OS/c1-18(2)14(20)17-10-12-9-15(12)3-6-19(7-4-15)11-13-16-5-8-21-13/h5,8,12H,3-4,6-7,9-11H2,1-2H3,(H,17,20)/t12-/m0/s1. The summed E-state index contributed by atoms with van der Waals surface area (Å²) in [6.45, 7) is 4.16. The first-order valence-electron chi connectivity index (χ1n) is 7.65. The fraction of sp³-hybridized carbons (Fsp3) is 0.733. The Morgan fingerprint density at radius 1 is 1.52 bits per heavy atom. The maximum absolute atomic E-state index is 11.6. The fourth-order valence-corrected chi connectivity index (χ4v) is 4.04. The molecule has 1 N–H and O–H groups in total. The number of hydrogen-bond donors (Lipinski definition) is 1. The first kappa shape index (κ1) is 14.8. The lowest BCUT2D eigenvalue weighted by molar-refractivity contribution is 0.155. The highest BCUT2D eigenvalue weighted by Gasteiger charge is 2.54. The van der Waals surface area contributed by atoms with E-state index in [1.807, 2.05) is 11.6 Å². The zero-order valence-corrected chi connectivity index (χ0v) is 13.7. The minimum Gasteiger partial charge on any atom is -0.338 e. The molecule has 0 unspecified atom stereocenters. The molecule has 1 spiro atoms. The van der Waals surface area contributed by atoms with Crippen LogP contribution < -0.4 is 5.32 Å². The van der Waals surface area contributed by atoms with Crippen LogP contribution in [0.3, 0.4) is 0 Å². The summed E-state index contributed by atoms with van der Waals surface area (Å²) in [5.41, 5.74) is 0.513. The number of aromatic nitrogens is 1. The van der Waals surface area contributed by atoms with Crippen molar-refractivity contribution in [2.75, 3.05) is 33.7 Å². The second-order valence-electron chi connectivity index (χ2n) is 6.55. The van der Waals surface area contributed by atoms with Crippen LogP contribution >= 0.6 is 11.3 Å². The largest absolute Gasteiger partial charge is 0.338 e. The number of nitrogens with zero attached hydrogens (tertiary/aromatic N) is 3. The monoisotopic (exact) mass is 308 g/mol. The van der Waals surface area contributed by atoms with Crippen LogP contribution in [-0.4, -0.2) is 54.5 Å². The number of piperidine rings is 1. The van der Waals surface area contributed by atoms with Gasteiger partial charge >= 0.3 is 6.03 Å². The van der Waals surface area contributed by atoms with Crippen molar-refractivity contribution in [2.24, 2.45) is 11.3 Å². The molecule has 1 saturated carbocycles. The summed E-state index contributed by atoms with van der Waals surface area (Å²) >= 11 is 1.74. The van der Waals surface area contributed by atoms with E-state index < -0.39 is 0 Å². The zero-order chi connectivity index (χ0) is 14.9. The van der Waals surface area contributed by atoms with Gasteiger partial charge in [0.1, 0.15) is 5.01 Å². The average Bonchev–Trinajstić information content (AvgIpc) is 2.88. The van der Waals surface area contributed by atoms with Crippen LogP contribution in [-0.2, 0) is 6.54 Å². The number of amides is 2. The SMILES string of the molecule is CN(C)C(=O)NC[C@@H]1CC12CCN(Cc1nccs1)CC2. The molecule has 5 nitrogen and oxygen atoms in total. The van der Waals surface area contributed by atoms with Crippen LogP contribution in [0.1, 0.15) is 24.3 Å². The summed E-state index contributed by atoms with van der Waals surface area (Å²) in [5.74, 6) is 0.684. The maximum Gasteiger partial charge on any atom is 0.316 e. The molecular weight excluding hydrogens is 284 g/mol. The topological polar surface area (TPSA) is 48.5 Å². The molecule has 1 atom stereocenters. The van der Waals surface area contributed by atoms with Crippen LogP contribution in [0.5, 0.6) is 0 Å². The number of hydrogen-bond acceptors (Lipinski definition) is 4. The van der Waals surface area contributed by atoms with Crippen LogP contribution in [0, 0.1) is 11.3 Å². The molecule has 2 amide bonds.